The molecule has 1 heterocycles. The van der Waals surface area contributed by atoms with Gasteiger partial charge >= 0.3 is 6.36 Å². The highest BCUT2D eigenvalue weighted by molar-refractivity contribution is 7.19. The molecular weight excluding hydrogens is 475 g/mol. The van der Waals surface area contributed by atoms with Gasteiger partial charge in [-0.25, -0.2) is 8.78 Å². The van der Waals surface area contributed by atoms with Crippen LogP contribution in [0.15, 0.2) is 30.3 Å². The molecule has 3 aromatic rings. The molecule has 0 atom stereocenters. The number of fused-ring (bicyclic) bond motifs is 1. The number of hydrogen-bond donors (Lipinski definition) is 0. The molecule has 2 aromatic carbocycles. The van der Waals surface area contributed by atoms with Crippen LogP contribution in [0, 0.1) is 18.6 Å². The zero-order valence-corrected chi connectivity index (χ0v) is 19.6. The van der Waals surface area contributed by atoms with Crippen molar-refractivity contribution in [1.29, 1.82) is 0 Å². The number of rotatable bonds is 7. The smallest absolute Gasteiger partial charge is 0.494 e. The van der Waals surface area contributed by atoms with Crippen LogP contribution in [0.2, 0.25) is 0 Å². The van der Waals surface area contributed by atoms with Gasteiger partial charge in [-0.2, -0.15) is 0 Å². The van der Waals surface area contributed by atoms with Crippen molar-refractivity contribution in [3.05, 3.63) is 58.0 Å². The van der Waals surface area contributed by atoms with Gasteiger partial charge in [0.2, 0.25) is 5.75 Å². The third kappa shape index (κ3) is 5.63. The topological polar surface area (TPSA) is 27.7 Å². The van der Waals surface area contributed by atoms with Gasteiger partial charge in [-0.3, -0.25) is 0 Å². The molecule has 3 nitrogen and oxygen atoms in total. The lowest BCUT2D eigenvalue weighted by Crippen LogP contribution is -2.21. The van der Waals surface area contributed by atoms with E-state index in [1.807, 2.05) is 19.1 Å². The van der Waals surface area contributed by atoms with Crippen molar-refractivity contribution in [1.82, 2.24) is 0 Å². The lowest BCUT2D eigenvalue weighted by molar-refractivity contribution is -0.276. The van der Waals surface area contributed by atoms with Crippen molar-refractivity contribution in [2.24, 2.45) is 0 Å². The van der Waals surface area contributed by atoms with E-state index in [0.29, 0.717) is 44.5 Å². The summed E-state index contributed by atoms with van der Waals surface area (Å²) in [6, 6.07) is 7.93. The monoisotopic (exact) mass is 500 g/mol. The molecule has 0 unspecified atom stereocenters. The predicted molar refractivity (Wildman–Crippen MR) is 121 cm³/mol. The summed E-state index contributed by atoms with van der Waals surface area (Å²) in [6.07, 6.45) is -2.47. The molecule has 0 amide bonds. The van der Waals surface area contributed by atoms with Crippen LogP contribution in [0.5, 0.6) is 11.5 Å². The maximum absolute atomic E-state index is 14.1. The van der Waals surface area contributed by atoms with Crippen molar-refractivity contribution < 1.29 is 36.2 Å². The third-order valence-electron chi connectivity index (χ3n) is 6.15. The van der Waals surface area contributed by atoms with Gasteiger partial charge in [-0.05, 0) is 92.3 Å². The van der Waals surface area contributed by atoms with Gasteiger partial charge in [-0.1, -0.05) is 0 Å². The number of aryl methyl sites for hydroxylation is 1. The summed E-state index contributed by atoms with van der Waals surface area (Å²) in [4.78, 5) is 1.15. The van der Waals surface area contributed by atoms with Crippen molar-refractivity contribution in [3.8, 4) is 11.5 Å². The van der Waals surface area contributed by atoms with E-state index in [1.54, 1.807) is 11.3 Å². The van der Waals surface area contributed by atoms with Gasteiger partial charge in [0.15, 0.2) is 11.6 Å². The summed E-state index contributed by atoms with van der Waals surface area (Å²) >= 11 is 1.68. The van der Waals surface area contributed by atoms with Crippen LogP contribution in [0.1, 0.15) is 54.5 Å². The number of alkyl halides is 3. The van der Waals surface area contributed by atoms with E-state index in [-0.39, 0.29) is 12.0 Å². The van der Waals surface area contributed by atoms with E-state index in [0.717, 1.165) is 27.5 Å². The molecule has 0 saturated heterocycles. The van der Waals surface area contributed by atoms with E-state index >= 15 is 0 Å². The zero-order chi connectivity index (χ0) is 24.5. The SMILES string of the molecule is CCOc1ccc2c(C)c(COC3CCC(c4cc(F)c(OC(F)(F)F)c(F)c4)CC3)sc2c1. The van der Waals surface area contributed by atoms with Crippen LogP contribution in [0.3, 0.4) is 0 Å². The molecule has 1 aliphatic rings. The summed E-state index contributed by atoms with van der Waals surface area (Å²) < 4.78 is 81.6. The van der Waals surface area contributed by atoms with E-state index < -0.39 is 23.7 Å². The van der Waals surface area contributed by atoms with E-state index in [1.165, 1.54) is 10.9 Å². The van der Waals surface area contributed by atoms with Crippen LogP contribution in [0.4, 0.5) is 22.0 Å². The van der Waals surface area contributed by atoms with Crippen LogP contribution in [0.25, 0.3) is 10.1 Å². The molecule has 0 radical (unpaired) electrons. The first kappa shape index (κ1) is 24.7. The minimum absolute atomic E-state index is 0.0161. The van der Waals surface area contributed by atoms with Gasteiger partial charge in [0.1, 0.15) is 5.75 Å². The summed E-state index contributed by atoms with van der Waals surface area (Å²) in [7, 11) is 0. The molecule has 0 aliphatic heterocycles. The number of thiophene rings is 1. The van der Waals surface area contributed by atoms with Gasteiger partial charge in [-0.15, -0.1) is 24.5 Å². The highest BCUT2D eigenvalue weighted by Crippen LogP contribution is 2.39. The Kier molecular flexibility index (Phi) is 7.33. The maximum Gasteiger partial charge on any atom is 0.573 e. The summed E-state index contributed by atoms with van der Waals surface area (Å²) in [5.74, 6) is -3.42. The van der Waals surface area contributed by atoms with Crippen molar-refractivity contribution >= 4 is 21.4 Å². The first-order chi connectivity index (χ1) is 16.1. The van der Waals surface area contributed by atoms with Crippen LogP contribution in [-0.4, -0.2) is 19.1 Å². The number of halogens is 5. The van der Waals surface area contributed by atoms with Gasteiger partial charge in [0, 0.05) is 9.58 Å². The Bertz CT molecular complexity index is 1130. The number of hydrogen-bond acceptors (Lipinski definition) is 4. The summed E-state index contributed by atoms with van der Waals surface area (Å²) in [6.45, 7) is 5.11. The largest absolute Gasteiger partial charge is 0.573 e. The molecule has 1 saturated carbocycles. The van der Waals surface area contributed by atoms with E-state index in [9.17, 15) is 22.0 Å². The van der Waals surface area contributed by atoms with E-state index in [4.69, 9.17) is 9.47 Å². The first-order valence-corrected chi connectivity index (χ1v) is 12.0. The Morgan fingerprint density at radius 1 is 1.00 bits per heavy atom. The van der Waals surface area contributed by atoms with Crippen molar-refractivity contribution in [2.75, 3.05) is 6.61 Å². The van der Waals surface area contributed by atoms with Gasteiger partial charge in [0.25, 0.3) is 0 Å². The van der Waals surface area contributed by atoms with E-state index in [2.05, 4.69) is 17.7 Å². The fourth-order valence-electron chi connectivity index (χ4n) is 4.44. The molecule has 1 fully saturated rings. The molecule has 34 heavy (non-hydrogen) atoms. The van der Waals surface area contributed by atoms with Crippen molar-refractivity contribution in [3.63, 3.8) is 0 Å². The molecule has 1 aromatic heterocycles. The normalized spacial score (nSPS) is 18.9. The second-order valence-corrected chi connectivity index (χ2v) is 9.52. The minimum Gasteiger partial charge on any atom is -0.494 e. The fourth-order valence-corrected chi connectivity index (χ4v) is 5.60. The molecule has 0 spiro atoms. The second kappa shape index (κ2) is 10.1. The third-order valence-corrected chi connectivity index (χ3v) is 7.38. The highest BCUT2D eigenvalue weighted by atomic mass is 32.1. The molecule has 4 rings (SSSR count). The summed E-state index contributed by atoms with van der Waals surface area (Å²) in [5, 5.41) is 1.18. The first-order valence-electron chi connectivity index (χ1n) is 11.2. The highest BCUT2D eigenvalue weighted by Gasteiger charge is 2.34. The Morgan fingerprint density at radius 3 is 2.29 bits per heavy atom. The average molecular weight is 501 g/mol. The Balaban J connectivity index is 1.35. The summed E-state index contributed by atoms with van der Waals surface area (Å²) in [5.41, 5.74) is 1.53. The molecule has 0 N–H and O–H groups in total. The molecule has 9 heteroatoms. The number of benzene rings is 2. The lowest BCUT2D eigenvalue weighted by Gasteiger charge is -2.29. The molecular formula is C25H25F5O3S. The minimum atomic E-state index is -5.16. The zero-order valence-electron chi connectivity index (χ0n) is 18.8. The van der Waals surface area contributed by atoms with Crippen LogP contribution in [-0.2, 0) is 11.3 Å². The molecule has 0 bridgehead atoms. The Hall–Kier alpha value is -2.39. The molecule has 1 aliphatic carbocycles. The average Bonchev–Trinajstić information content (AvgIpc) is 3.09. The second-order valence-electron chi connectivity index (χ2n) is 8.39. The van der Waals surface area contributed by atoms with Crippen molar-refractivity contribution in [2.45, 2.75) is 64.5 Å². The van der Waals surface area contributed by atoms with Crippen LogP contribution < -0.4 is 9.47 Å². The molecule has 184 valence electrons. The Labute approximate surface area is 198 Å². The predicted octanol–water partition coefficient (Wildman–Crippen LogP) is 8.03. The maximum atomic E-state index is 14.1. The van der Waals surface area contributed by atoms with Crippen LogP contribution >= 0.6 is 11.3 Å². The van der Waals surface area contributed by atoms with Gasteiger partial charge < -0.3 is 14.2 Å². The fraction of sp³-hybridized carbons (Fsp3) is 0.440. The number of ether oxygens (including phenoxy) is 3. The van der Waals surface area contributed by atoms with Gasteiger partial charge in [0.05, 0.1) is 19.3 Å². The quantitative estimate of drug-likeness (QED) is 0.308. The standard InChI is InChI=1S/C25H25F5O3S/c1-3-31-18-8-9-19-14(2)23(34-22(19)12-18)13-32-17-6-4-15(5-7-17)16-10-20(26)24(21(27)11-16)33-25(28,29)30/h8-12,15,17H,3-7,13H2,1-2H3. The lowest BCUT2D eigenvalue weighted by atomic mass is 9.82. The Morgan fingerprint density at radius 2 is 1.68 bits per heavy atom.